The zero-order valence-electron chi connectivity index (χ0n) is 12.9. The summed E-state index contributed by atoms with van der Waals surface area (Å²) in [7, 11) is 3.78. The minimum Gasteiger partial charge on any atom is -0.496 e. The number of ether oxygens (including phenoxy) is 1. The molecule has 2 heteroatoms. The van der Waals surface area contributed by atoms with Gasteiger partial charge in [0.05, 0.1) is 7.11 Å². The Balaban J connectivity index is 2.42. The largest absolute Gasteiger partial charge is 0.496 e. The van der Waals surface area contributed by atoms with E-state index in [1.165, 1.54) is 22.8 Å². The number of fused-ring (bicyclic) bond motifs is 1. The fraction of sp³-hybridized carbons (Fsp3) is 0.444. The van der Waals surface area contributed by atoms with Crippen molar-refractivity contribution in [3.05, 3.63) is 42.0 Å². The normalized spacial score (nSPS) is 12.8. The van der Waals surface area contributed by atoms with E-state index < -0.39 is 0 Å². The van der Waals surface area contributed by atoms with Crippen molar-refractivity contribution in [2.75, 3.05) is 14.2 Å². The van der Waals surface area contributed by atoms with Crippen LogP contribution < -0.4 is 10.1 Å². The topological polar surface area (TPSA) is 21.3 Å². The molecular formula is C18H25NO. The van der Waals surface area contributed by atoms with E-state index in [2.05, 4.69) is 55.6 Å². The second kappa shape index (κ2) is 6.76. The first-order valence-electron chi connectivity index (χ1n) is 7.40. The zero-order chi connectivity index (χ0) is 14.5. The van der Waals surface area contributed by atoms with Gasteiger partial charge in [-0.1, -0.05) is 44.2 Å². The predicted octanol–water partition coefficient (Wildman–Crippen LogP) is 4.55. The number of methoxy groups -OCH3 is 1. The summed E-state index contributed by atoms with van der Waals surface area (Å²) in [6.45, 7) is 4.55. The van der Waals surface area contributed by atoms with Gasteiger partial charge in [-0.05, 0) is 42.8 Å². The van der Waals surface area contributed by atoms with Crippen LogP contribution in [0.25, 0.3) is 10.8 Å². The number of rotatable bonds is 6. The van der Waals surface area contributed by atoms with E-state index in [9.17, 15) is 0 Å². The second-order valence-electron chi connectivity index (χ2n) is 5.72. The van der Waals surface area contributed by atoms with Crippen LogP contribution in [-0.2, 0) is 0 Å². The Morgan fingerprint density at radius 1 is 1.00 bits per heavy atom. The average molecular weight is 271 g/mol. The van der Waals surface area contributed by atoms with E-state index in [0.29, 0.717) is 6.04 Å². The Morgan fingerprint density at radius 3 is 2.30 bits per heavy atom. The van der Waals surface area contributed by atoms with Crippen molar-refractivity contribution in [2.45, 2.75) is 32.7 Å². The zero-order valence-corrected chi connectivity index (χ0v) is 12.9. The molecule has 2 rings (SSSR count). The summed E-state index contributed by atoms with van der Waals surface area (Å²) in [5.41, 5.74) is 1.37. The van der Waals surface area contributed by atoms with Gasteiger partial charge in [0.25, 0.3) is 0 Å². The van der Waals surface area contributed by atoms with Crippen molar-refractivity contribution >= 4 is 10.8 Å². The first-order valence-corrected chi connectivity index (χ1v) is 7.40. The van der Waals surface area contributed by atoms with Crippen molar-refractivity contribution in [2.24, 2.45) is 5.92 Å². The van der Waals surface area contributed by atoms with Crippen LogP contribution in [0, 0.1) is 5.92 Å². The van der Waals surface area contributed by atoms with Gasteiger partial charge in [-0.15, -0.1) is 0 Å². The maximum absolute atomic E-state index is 5.47. The molecule has 0 aliphatic carbocycles. The lowest BCUT2D eigenvalue weighted by molar-refractivity contribution is 0.419. The van der Waals surface area contributed by atoms with Gasteiger partial charge in [-0.3, -0.25) is 0 Å². The summed E-state index contributed by atoms with van der Waals surface area (Å²) < 4.78 is 5.47. The highest BCUT2D eigenvalue weighted by Gasteiger charge is 2.14. The molecule has 108 valence electrons. The molecule has 1 unspecified atom stereocenters. The summed E-state index contributed by atoms with van der Waals surface area (Å²) in [5, 5.41) is 5.94. The van der Waals surface area contributed by atoms with Crippen LogP contribution in [0.2, 0.25) is 0 Å². The highest BCUT2D eigenvalue weighted by molar-refractivity contribution is 5.91. The molecule has 1 atom stereocenters. The maximum Gasteiger partial charge on any atom is 0.126 e. The molecule has 0 radical (unpaired) electrons. The number of nitrogens with one attached hydrogen (secondary N) is 1. The molecule has 0 aliphatic rings. The van der Waals surface area contributed by atoms with E-state index in [0.717, 1.165) is 18.1 Å². The number of hydrogen-bond acceptors (Lipinski definition) is 2. The highest BCUT2D eigenvalue weighted by Crippen LogP contribution is 2.33. The molecule has 0 aromatic heterocycles. The molecule has 0 amide bonds. The molecule has 20 heavy (non-hydrogen) atoms. The van der Waals surface area contributed by atoms with Crippen molar-refractivity contribution in [3.63, 3.8) is 0 Å². The van der Waals surface area contributed by atoms with E-state index in [1.807, 2.05) is 7.05 Å². The Labute approximate surface area is 122 Å². The van der Waals surface area contributed by atoms with Crippen LogP contribution in [0.1, 0.15) is 38.3 Å². The van der Waals surface area contributed by atoms with Gasteiger partial charge >= 0.3 is 0 Å². The Hall–Kier alpha value is -1.54. The average Bonchev–Trinajstić information content (AvgIpc) is 2.47. The lowest BCUT2D eigenvalue weighted by atomic mass is 9.93. The van der Waals surface area contributed by atoms with Gasteiger partial charge in [-0.2, -0.15) is 0 Å². The number of hydrogen-bond donors (Lipinski definition) is 1. The van der Waals surface area contributed by atoms with Crippen LogP contribution in [0.3, 0.4) is 0 Å². The summed E-state index contributed by atoms with van der Waals surface area (Å²) in [6.07, 6.45) is 2.39. The SMILES string of the molecule is CNC(CCC(C)C)c1ccc(OC)c2ccccc12. The van der Waals surface area contributed by atoms with E-state index in [4.69, 9.17) is 4.74 Å². The molecule has 0 heterocycles. The lowest BCUT2D eigenvalue weighted by Gasteiger charge is -2.20. The summed E-state index contributed by atoms with van der Waals surface area (Å²) in [4.78, 5) is 0. The van der Waals surface area contributed by atoms with Crippen LogP contribution in [0.5, 0.6) is 5.75 Å². The molecule has 2 nitrogen and oxygen atoms in total. The van der Waals surface area contributed by atoms with Gasteiger partial charge in [0.15, 0.2) is 0 Å². The van der Waals surface area contributed by atoms with Crippen LogP contribution in [-0.4, -0.2) is 14.2 Å². The molecule has 2 aromatic rings. The van der Waals surface area contributed by atoms with Gasteiger partial charge in [0.2, 0.25) is 0 Å². The third-order valence-electron chi connectivity index (χ3n) is 3.89. The molecule has 0 spiro atoms. The Morgan fingerprint density at radius 2 is 1.70 bits per heavy atom. The first-order chi connectivity index (χ1) is 9.67. The standard InChI is InChI=1S/C18H25NO/c1-13(2)9-11-17(19-3)15-10-12-18(20-4)16-8-6-5-7-14(15)16/h5-8,10,12-13,17,19H,9,11H2,1-4H3. The molecule has 0 aliphatic heterocycles. The van der Waals surface area contributed by atoms with Gasteiger partial charge in [-0.25, -0.2) is 0 Å². The first kappa shape index (κ1) is 14.9. The Bertz CT molecular complexity index is 562. The van der Waals surface area contributed by atoms with E-state index in [1.54, 1.807) is 7.11 Å². The van der Waals surface area contributed by atoms with Gasteiger partial charge in [0, 0.05) is 11.4 Å². The molecule has 2 aromatic carbocycles. The third-order valence-corrected chi connectivity index (χ3v) is 3.89. The fourth-order valence-corrected chi connectivity index (χ4v) is 2.73. The predicted molar refractivity (Wildman–Crippen MR) is 86.4 cm³/mol. The van der Waals surface area contributed by atoms with Crippen molar-refractivity contribution in [3.8, 4) is 5.75 Å². The molecule has 0 fully saturated rings. The van der Waals surface area contributed by atoms with Gasteiger partial charge < -0.3 is 10.1 Å². The minimum absolute atomic E-state index is 0.396. The van der Waals surface area contributed by atoms with Crippen LogP contribution >= 0.6 is 0 Å². The van der Waals surface area contributed by atoms with Crippen LogP contribution in [0.4, 0.5) is 0 Å². The minimum atomic E-state index is 0.396. The van der Waals surface area contributed by atoms with Gasteiger partial charge in [0.1, 0.15) is 5.75 Å². The molecular weight excluding hydrogens is 246 g/mol. The maximum atomic E-state index is 5.47. The Kier molecular flexibility index (Phi) is 5.02. The lowest BCUT2D eigenvalue weighted by Crippen LogP contribution is -2.17. The van der Waals surface area contributed by atoms with Crippen LogP contribution in [0.15, 0.2) is 36.4 Å². The van der Waals surface area contributed by atoms with Crippen molar-refractivity contribution in [1.82, 2.24) is 5.32 Å². The molecule has 0 saturated carbocycles. The number of benzene rings is 2. The smallest absolute Gasteiger partial charge is 0.126 e. The summed E-state index contributed by atoms with van der Waals surface area (Å²) in [5.74, 6) is 1.68. The van der Waals surface area contributed by atoms with E-state index >= 15 is 0 Å². The molecule has 0 saturated heterocycles. The molecule has 0 bridgehead atoms. The summed E-state index contributed by atoms with van der Waals surface area (Å²) >= 11 is 0. The quantitative estimate of drug-likeness (QED) is 0.832. The van der Waals surface area contributed by atoms with Crippen molar-refractivity contribution in [1.29, 1.82) is 0 Å². The monoisotopic (exact) mass is 271 g/mol. The third kappa shape index (κ3) is 3.13. The summed E-state index contributed by atoms with van der Waals surface area (Å²) in [6, 6.07) is 13.2. The molecule has 1 N–H and O–H groups in total. The second-order valence-corrected chi connectivity index (χ2v) is 5.72. The van der Waals surface area contributed by atoms with Crippen molar-refractivity contribution < 1.29 is 4.74 Å². The highest BCUT2D eigenvalue weighted by atomic mass is 16.5. The van der Waals surface area contributed by atoms with E-state index in [-0.39, 0.29) is 0 Å². The fourth-order valence-electron chi connectivity index (χ4n) is 2.73.